The summed E-state index contributed by atoms with van der Waals surface area (Å²) in [6, 6.07) is 0.0243. The standard InChI is InChI=1S/C8H12N2OS/c1-4-7(6(3)11)5(2)10-8(12)9-4/h4H,1-3H3,(H2,9,10,12). The van der Waals surface area contributed by atoms with Crippen LogP contribution in [0.4, 0.5) is 0 Å². The van der Waals surface area contributed by atoms with Crippen LogP contribution in [0.25, 0.3) is 0 Å². The highest BCUT2D eigenvalue weighted by Crippen LogP contribution is 2.11. The van der Waals surface area contributed by atoms with Crippen LogP contribution in [-0.4, -0.2) is 16.9 Å². The lowest BCUT2D eigenvalue weighted by molar-refractivity contribution is -0.113. The third kappa shape index (κ3) is 1.64. The van der Waals surface area contributed by atoms with Crippen LogP contribution in [0.2, 0.25) is 0 Å². The predicted molar refractivity (Wildman–Crippen MR) is 51.7 cm³/mol. The number of hydrogen-bond donors (Lipinski definition) is 2. The second kappa shape index (κ2) is 3.23. The minimum absolute atomic E-state index is 0.0243. The van der Waals surface area contributed by atoms with Crippen molar-refractivity contribution < 1.29 is 4.79 Å². The number of nitrogens with one attached hydrogen (secondary N) is 2. The van der Waals surface area contributed by atoms with Gasteiger partial charge in [-0.2, -0.15) is 0 Å². The summed E-state index contributed by atoms with van der Waals surface area (Å²) >= 11 is 4.93. The van der Waals surface area contributed by atoms with E-state index in [2.05, 4.69) is 10.6 Å². The molecule has 1 aliphatic rings. The first-order chi connectivity index (χ1) is 5.52. The minimum atomic E-state index is 0.0243. The van der Waals surface area contributed by atoms with Crippen molar-refractivity contribution in [3.05, 3.63) is 11.3 Å². The number of allylic oxidation sites excluding steroid dienone is 1. The first-order valence-corrected chi connectivity index (χ1v) is 4.22. The first kappa shape index (κ1) is 9.19. The number of carbonyl (C=O) groups excluding carboxylic acids is 1. The molecule has 3 nitrogen and oxygen atoms in total. The lowest BCUT2D eigenvalue weighted by Crippen LogP contribution is -2.47. The Balaban J connectivity index is 3.01. The van der Waals surface area contributed by atoms with E-state index in [9.17, 15) is 4.79 Å². The molecule has 66 valence electrons. The van der Waals surface area contributed by atoms with E-state index in [4.69, 9.17) is 12.2 Å². The molecule has 1 aliphatic heterocycles. The van der Waals surface area contributed by atoms with Crippen molar-refractivity contribution in [2.75, 3.05) is 0 Å². The third-order valence-corrected chi connectivity index (χ3v) is 2.08. The molecule has 0 bridgehead atoms. The molecule has 0 aromatic carbocycles. The maximum atomic E-state index is 11.1. The molecule has 0 aliphatic carbocycles. The van der Waals surface area contributed by atoms with Gasteiger partial charge in [-0.3, -0.25) is 4.79 Å². The van der Waals surface area contributed by atoms with Crippen LogP contribution in [0.5, 0.6) is 0 Å². The second-order valence-corrected chi connectivity index (χ2v) is 3.32. The van der Waals surface area contributed by atoms with Crippen molar-refractivity contribution >= 4 is 23.1 Å². The van der Waals surface area contributed by atoms with Gasteiger partial charge in [0.25, 0.3) is 0 Å². The Morgan fingerprint density at radius 2 is 2.17 bits per heavy atom. The van der Waals surface area contributed by atoms with Crippen LogP contribution in [0.1, 0.15) is 20.8 Å². The molecule has 0 aromatic heterocycles. The maximum Gasteiger partial charge on any atom is 0.171 e. The quantitative estimate of drug-likeness (QED) is 0.589. The summed E-state index contributed by atoms with van der Waals surface area (Å²) in [6.45, 7) is 5.35. The molecule has 1 rings (SSSR count). The highest BCUT2D eigenvalue weighted by Gasteiger charge is 2.21. The summed E-state index contributed by atoms with van der Waals surface area (Å²) in [7, 11) is 0. The normalized spacial score (nSPS) is 23.2. The summed E-state index contributed by atoms with van der Waals surface area (Å²) in [5.74, 6) is 0.0856. The molecule has 0 spiro atoms. The van der Waals surface area contributed by atoms with Crippen LogP contribution in [-0.2, 0) is 4.79 Å². The maximum absolute atomic E-state index is 11.1. The van der Waals surface area contributed by atoms with E-state index in [1.807, 2.05) is 13.8 Å². The Morgan fingerprint density at radius 1 is 1.58 bits per heavy atom. The summed E-state index contributed by atoms with van der Waals surface area (Å²) in [5.41, 5.74) is 1.64. The molecular formula is C8H12N2OS. The van der Waals surface area contributed by atoms with E-state index in [1.165, 1.54) is 0 Å². The number of carbonyl (C=O) groups is 1. The van der Waals surface area contributed by atoms with Crippen LogP contribution >= 0.6 is 12.2 Å². The van der Waals surface area contributed by atoms with Gasteiger partial charge >= 0.3 is 0 Å². The molecular weight excluding hydrogens is 172 g/mol. The second-order valence-electron chi connectivity index (χ2n) is 2.92. The Hall–Kier alpha value is -0.900. The Labute approximate surface area is 77.2 Å². The van der Waals surface area contributed by atoms with E-state index in [-0.39, 0.29) is 11.8 Å². The van der Waals surface area contributed by atoms with Gasteiger partial charge in [-0.25, -0.2) is 0 Å². The molecule has 0 saturated carbocycles. The summed E-state index contributed by atoms with van der Waals surface area (Å²) < 4.78 is 0. The van der Waals surface area contributed by atoms with Gasteiger partial charge in [0.15, 0.2) is 10.9 Å². The molecule has 1 unspecified atom stereocenters. The van der Waals surface area contributed by atoms with E-state index >= 15 is 0 Å². The van der Waals surface area contributed by atoms with E-state index < -0.39 is 0 Å². The number of Topliss-reactive ketones (excluding diaryl/α,β-unsaturated/α-hetero) is 1. The zero-order valence-electron chi connectivity index (χ0n) is 7.39. The zero-order valence-corrected chi connectivity index (χ0v) is 8.21. The molecule has 0 amide bonds. The van der Waals surface area contributed by atoms with Crippen molar-refractivity contribution in [2.45, 2.75) is 26.8 Å². The molecule has 12 heavy (non-hydrogen) atoms. The molecule has 1 heterocycles. The zero-order chi connectivity index (χ0) is 9.30. The average molecular weight is 184 g/mol. The van der Waals surface area contributed by atoms with Crippen molar-refractivity contribution in [3.63, 3.8) is 0 Å². The fourth-order valence-electron chi connectivity index (χ4n) is 1.44. The van der Waals surface area contributed by atoms with Gasteiger partial charge < -0.3 is 10.6 Å². The SMILES string of the molecule is CC(=O)C1=C(C)NC(=S)NC1C. The fraction of sp³-hybridized carbons (Fsp3) is 0.500. The Morgan fingerprint density at radius 3 is 2.58 bits per heavy atom. The van der Waals surface area contributed by atoms with Gasteiger partial charge in [0.2, 0.25) is 0 Å². The lowest BCUT2D eigenvalue weighted by atomic mass is 10.0. The predicted octanol–water partition coefficient (Wildman–Crippen LogP) is 0.716. The van der Waals surface area contributed by atoms with Crippen LogP contribution in [0, 0.1) is 0 Å². The van der Waals surface area contributed by atoms with Gasteiger partial charge in [0.1, 0.15) is 0 Å². The summed E-state index contributed by atoms with van der Waals surface area (Å²) in [5, 5.41) is 6.49. The van der Waals surface area contributed by atoms with Crippen molar-refractivity contribution in [1.29, 1.82) is 0 Å². The van der Waals surface area contributed by atoms with Gasteiger partial charge in [-0.05, 0) is 33.0 Å². The smallest absolute Gasteiger partial charge is 0.171 e. The van der Waals surface area contributed by atoms with Crippen LogP contribution in [0.3, 0.4) is 0 Å². The number of ketones is 1. The molecule has 1 atom stereocenters. The van der Waals surface area contributed by atoms with Gasteiger partial charge in [0, 0.05) is 11.3 Å². The van der Waals surface area contributed by atoms with Crippen molar-refractivity contribution in [2.24, 2.45) is 0 Å². The lowest BCUT2D eigenvalue weighted by Gasteiger charge is -2.26. The molecule has 0 aromatic rings. The molecule has 2 N–H and O–H groups in total. The third-order valence-electron chi connectivity index (χ3n) is 1.86. The topological polar surface area (TPSA) is 41.1 Å². The Bertz CT molecular complexity index is 270. The monoisotopic (exact) mass is 184 g/mol. The molecule has 0 fully saturated rings. The number of hydrogen-bond acceptors (Lipinski definition) is 2. The highest BCUT2D eigenvalue weighted by molar-refractivity contribution is 7.80. The van der Waals surface area contributed by atoms with E-state index in [0.717, 1.165) is 11.3 Å². The summed E-state index contributed by atoms with van der Waals surface area (Å²) in [6.07, 6.45) is 0. The minimum Gasteiger partial charge on any atom is -0.356 e. The largest absolute Gasteiger partial charge is 0.356 e. The molecule has 0 saturated heterocycles. The van der Waals surface area contributed by atoms with Crippen molar-refractivity contribution in [1.82, 2.24) is 10.6 Å². The van der Waals surface area contributed by atoms with Crippen LogP contribution in [0.15, 0.2) is 11.3 Å². The van der Waals surface area contributed by atoms with Gasteiger partial charge in [0.05, 0.1) is 6.04 Å². The van der Waals surface area contributed by atoms with Crippen LogP contribution < -0.4 is 10.6 Å². The van der Waals surface area contributed by atoms with E-state index in [0.29, 0.717) is 5.11 Å². The summed E-state index contributed by atoms with van der Waals surface area (Å²) in [4.78, 5) is 11.1. The van der Waals surface area contributed by atoms with E-state index in [1.54, 1.807) is 6.92 Å². The van der Waals surface area contributed by atoms with Gasteiger partial charge in [-0.1, -0.05) is 0 Å². The Kier molecular flexibility index (Phi) is 2.47. The van der Waals surface area contributed by atoms with Crippen molar-refractivity contribution in [3.8, 4) is 0 Å². The molecule has 4 heteroatoms. The fourth-order valence-corrected chi connectivity index (χ4v) is 1.77. The highest BCUT2D eigenvalue weighted by atomic mass is 32.1. The average Bonchev–Trinajstić information content (AvgIpc) is 1.82. The first-order valence-electron chi connectivity index (χ1n) is 3.81. The number of thiocarbonyl (C=S) groups is 1. The number of rotatable bonds is 1. The molecule has 0 radical (unpaired) electrons. The van der Waals surface area contributed by atoms with Gasteiger partial charge in [-0.15, -0.1) is 0 Å².